The molecule has 2 aliphatic rings. The molecule has 2 saturated heterocycles. The molecule has 0 N–H and O–H groups in total. The van der Waals surface area contributed by atoms with Gasteiger partial charge in [0.2, 0.25) is 11.8 Å². The molecule has 5 nitrogen and oxygen atoms in total. The summed E-state index contributed by atoms with van der Waals surface area (Å²) >= 11 is 3.31. The molecular weight excluding hydrogens is 425 g/mol. The molecule has 3 rings (SSSR count). The molecule has 0 atom stereocenters. The van der Waals surface area contributed by atoms with Crippen molar-refractivity contribution in [1.29, 1.82) is 0 Å². The van der Waals surface area contributed by atoms with Crippen molar-refractivity contribution in [2.75, 3.05) is 45.8 Å². The summed E-state index contributed by atoms with van der Waals surface area (Å²) < 4.78 is 14.5. The van der Waals surface area contributed by atoms with Gasteiger partial charge < -0.3 is 9.80 Å². The first-order valence-electron chi connectivity index (χ1n) is 9.95. The largest absolute Gasteiger partial charge is 0.342 e. The number of hydrogen-bond donors (Lipinski definition) is 0. The van der Waals surface area contributed by atoms with Gasteiger partial charge in [-0.2, -0.15) is 0 Å². The summed E-state index contributed by atoms with van der Waals surface area (Å²) in [6.07, 6.45) is 7.54. The highest BCUT2D eigenvalue weighted by molar-refractivity contribution is 9.10. The Morgan fingerprint density at radius 3 is 2.32 bits per heavy atom. The number of benzene rings is 1. The lowest BCUT2D eigenvalue weighted by molar-refractivity contribution is -0.133. The molecular formula is C21H27BrFN3O2. The molecule has 0 unspecified atom stereocenters. The lowest BCUT2D eigenvalue weighted by atomic mass is 10.2. The molecule has 0 radical (unpaired) electrons. The maximum absolute atomic E-state index is 13.8. The van der Waals surface area contributed by atoms with Crippen molar-refractivity contribution in [2.45, 2.75) is 25.7 Å². The molecule has 2 heterocycles. The van der Waals surface area contributed by atoms with Crippen LogP contribution in [0.25, 0.3) is 6.08 Å². The Hall–Kier alpha value is -1.73. The molecule has 152 valence electrons. The molecule has 1 aromatic rings. The molecule has 0 bridgehead atoms. The third-order valence-electron chi connectivity index (χ3n) is 5.37. The average Bonchev–Trinajstić information content (AvgIpc) is 2.98. The summed E-state index contributed by atoms with van der Waals surface area (Å²) in [4.78, 5) is 30.8. The van der Waals surface area contributed by atoms with E-state index in [1.54, 1.807) is 17.0 Å². The smallest absolute Gasteiger partial charge is 0.246 e. The van der Waals surface area contributed by atoms with Crippen LogP contribution in [0.1, 0.15) is 31.2 Å². The maximum atomic E-state index is 13.8. The SMILES string of the molecule is O=C(C=Cc1cc(Br)ccc1F)N1CCN(CC(=O)N2CCCCCC2)CC1. The van der Waals surface area contributed by atoms with Crippen molar-refractivity contribution in [3.05, 3.63) is 40.1 Å². The number of halogens is 2. The Balaban J connectivity index is 1.46. The Kier molecular flexibility index (Phi) is 7.62. The molecule has 0 aliphatic carbocycles. The van der Waals surface area contributed by atoms with Crippen LogP contribution in [0.15, 0.2) is 28.7 Å². The number of rotatable bonds is 4. The van der Waals surface area contributed by atoms with Crippen LogP contribution in [-0.2, 0) is 9.59 Å². The van der Waals surface area contributed by atoms with Gasteiger partial charge in [0.15, 0.2) is 0 Å². The first-order valence-corrected chi connectivity index (χ1v) is 10.7. The highest BCUT2D eigenvalue weighted by Gasteiger charge is 2.23. The molecule has 0 spiro atoms. The Bertz CT molecular complexity index is 724. The van der Waals surface area contributed by atoms with E-state index in [4.69, 9.17) is 0 Å². The van der Waals surface area contributed by atoms with Crippen LogP contribution in [0.3, 0.4) is 0 Å². The fourth-order valence-corrected chi connectivity index (χ4v) is 4.03. The van der Waals surface area contributed by atoms with Gasteiger partial charge in [0, 0.05) is 55.4 Å². The Morgan fingerprint density at radius 1 is 0.964 bits per heavy atom. The van der Waals surface area contributed by atoms with Gasteiger partial charge in [0.05, 0.1) is 6.54 Å². The lowest BCUT2D eigenvalue weighted by Crippen LogP contribution is -2.51. The number of piperazine rings is 1. The second kappa shape index (κ2) is 10.2. The van der Waals surface area contributed by atoms with Gasteiger partial charge in [-0.1, -0.05) is 28.8 Å². The second-order valence-corrected chi connectivity index (χ2v) is 8.31. The summed E-state index contributed by atoms with van der Waals surface area (Å²) in [5.74, 6) is -0.284. The van der Waals surface area contributed by atoms with Gasteiger partial charge in [-0.05, 0) is 37.1 Å². The third kappa shape index (κ3) is 5.88. The zero-order valence-corrected chi connectivity index (χ0v) is 17.7. The number of carbonyl (C=O) groups is 2. The predicted octanol–water partition coefficient (Wildman–Crippen LogP) is 3.15. The first kappa shape index (κ1) is 21.0. The molecule has 0 aromatic heterocycles. The topological polar surface area (TPSA) is 43.9 Å². The standard InChI is InChI=1S/C21H27BrFN3O2/c22-18-6-7-19(23)17(15-18)5-8-20(27)26-13-11-24(12-14-26)16-21(28)25-9-3-1-2-4-10-25/h5-8,15H,1-4,9-14,16H2. The van der Waals surface area contributed by atoms with E-state index in [1.807, 2.05) is 4.90 Å². The van der Waals surface area contributed by atoms with Gasteiger partial charge in [-0.3, -0.25) is 14.5 Å². The maximum Gasteiger partial charge on any atom is 0.246 e. The third-order valence-corrected chi connectivity index (χ3v) is 5.86. The molecule has 2 aliphatic heterocycles. The van der Waals surface area contributed by atoms with Crippen LogP contribution in [0.4, 0.5) is 4.39 Å². The fraction of sp³-hybridized carbons (Fsp3) is 0.524. The van der Waals surface area contributed by atoms with Crippen molar-refractivity contribution in [3.8, 4) is 0 Å². The van der Waals surface area contributed by atoms with E-state index in [-0.39, 0.29) is 17.6 Å². The Morgan fingerprint density at radius 2 is 1.64 bits per heavy atom. The molecule has 1 aromatic carbocycles. The van der Waals surface area contributed by atoms with Crippen molar-refractivity contribution in [1.82, 2.24) is 14.7 Å². The summed E-state index contributed by atoms with van der Waals surface area (Å²) in [5.41, 5.74) is 0.379. The van der Waals surface area contributed by atoms with E-state index in [0.29, 0.717) is 38.3 Å². The van der Waals surface area contributed by atoms with E-state index >= 15 is 0 Å². The monoisotopic (exact) mass is 451 g/mol. The minimum atomic E-state index is -0.357. The summed E-state index contributed by atoms with van der Waals surface area (Å²) in [6, 6.07) is 4.64. The molecule has 0 saturated carbocycles. The minimum Gasteiger partial charge on any atom is -0.342 e. The highest BCUT2D eigenvalue weighted by Crippen LogP contribution is 2.17. The van der Waals surface area contributed by atoms with E-state index < -0.39 is 0 Å². The van der Waals surface area contributed by atoms with E-state index in [9.17, 15) is 14.0 Å². The fourth-order valence-electron chi connectivity index (χ4n) is 3.65. The van der Waals surface area contributed by atoms with Gasteiger partial charge in [0.1, 0.15) is 5.82 Å². The summed E-state index contributed by atoms with van der Waals surface area (Å²) in [6.45, 7) is 4.70. The number of amides is 2. The van der Waals surface area contributed by atoms with Crippen LogP contribution in [0.2, 0.25) is 0 Å². The van der Waals surface area contributed by atoms with Gasteiger partial charge in [0.25, 0.3) is 0 Å². The van der Waals surface area contributed by atoms with Crippen LogP contribution >= 0.6 is 15.9 Å². The molecule has 7 heteroatoms. The highest BCUT2D eigenvalue weighted by atomic mass is 79.9. The first-order chi connectivity index (χ1) is 13.5. The lowest BCUT2D eigenvalue weighted by Gasteiger charge is -2.34. The van der Waals surface area contributed by atoms with Crippen molar-refractivity contribution in [2.24, 2.45) is 0 Å². The normalized spacial score (nSPS) is 19.1. The number of hydrogen-bond acceptors (Lipinski definition) is 3. The van der Waals surface area contributed by atoms with Gasteiger partial charge >= 0.3 is 0 Å². The number of carbonyl (C=O) groups excluding carboxylic acids is 2. The summed E-state index contributed by atoms with van der Waals surface area (Å²) in [7, 11) is 0. The van der Waals surface area contributed by atoms with E-state index in [2.05, 4.69) is 20.8 Å². The van der Waals surface area contributed by atoms with Crippen LogP contribution in [0, 0.1) is 5.82 Å². The zero-order chi connectivity index (χ0) is 19.9. The zero-order valence-electron chi connectivity index (χ0n) is 16.1. The van der Waals surface area contributed by atoms with Gasteiger partial charge in [-0.25, -0.2) is 4.39 Å². The summed E-state index contributed by atoms with van der Waals surface area (Å²) in [5, 5.41) is 0. The van der Waals surface area contributed by atoms with Crippen LogP contribution in [0.5, 0.6) is 0 Å². The van der Waals surface area contributed by atoms with E-state index in [0.717, 1.165) is 30.4 Å². The van der Waals surface area contributed by atoms with Crippen LogP contribution in [-0.4, -0.2) is 72.3 Å². The molecule has 2 amide bonds. The van der Waals surface area contributed by atoms with Gasteiger partial charge in [-0.15, -0.1) is 0 Å². The van der Waals surface area contributed by atoms with Crippen molar-refractivity contribution in [3.63, 3.8) is 0 Å². The predicted molar refractivity (Wildman–Crippen MR) is 111 cm³/mol. The number of nitrogens with zero attached hydrogens (tertiary/aromatic N) is 3. The second-order valence-electron chi connectivity index (χ2n) is 7.40. The van der Waals surface area contributed by atoms with Crippen molar-refractivity contribution >= 4 is 33.8 Å². The average molecular weight is 452 g/mol. The van der Waals surface area contributed by atoms with Crippen molar-refractivity contribution < 1.29 is 14.0 Å². The Labute approximate surface area is 174 Å². The van der Waals surface area contributed by atoms with Crippen LogP contribution < -0.4 is 0 Å². The molecule has 2 fully saturated rings. The van der Waals surface area contributed by atoms with E-state index in [1.165, 1.54) is 31.1 Å². The quantitative estimate of drug-likeness (QED) is 0.660. The minimum absolute atomic E-state index is 0.127. The number of likely N-dealkylation sites (tertiary alicyclic amines) is 1. The molecule has 28 heavy (non-hydrogen) atoms.